The van der Waals surface area contributed by atoms with Gasteiger partial charge in [-0.2, -0.15) is 0 Å². The normalized spacial score (nSPS) is 14.8. The number of rotatable bonds is 5. The van der Waals surface area contributed by atoms with Gasteiger partial charge in [0.15, 0.2) is 5.54 Å². The van der Waals surface area contributed by atoms with E-state index in [4.69, 9.17) is 4.74 Å². The Morgan fingerprint density at radius 2 is 1.94 bits per heavy atom. The van der Waals surface area contributed by atoms with Crippen molar-refractivity contribution in [3.05, 3.63) is 35.9 Å². The van der Waals surface area contributed by atoms with Gasteiger partial charge in [-0.1, -0.05) is 30.3 Å². The Balaban J connectivity index is 3.27. The van der Waals surface area contributed by atoms with Crippen molar-refractivity contribution in [2.45, 2.75) is 5.54 Å². The number of hydrogen-bond donors (Lipinski definition) is 1. The smallest absolute Gasteiger partial charge is 0.331 e. The number of carboxylic acids is 1. The number of hydrogen-bond acceptors (Lipinski definition) is 3. The van der Waals surface area contributed by atoms with Crippen LogP contribution in [0.4, 0.5) is 0 Å². The highest BCUT2D eigenvalue weighted by molar-refractivity contribution is 5.81. The lowest BCUT2D eigenvalue weighted by atomic mass is 9.89. The quantitative estimate of drug-likeness (QED) is 0.814. The van der Waals surface area contributed by atoms with Gasteiger partial charge in [0, 0.05) is 7.11 Å². The molecule has 4 nitrogen and oxygen atoms in total. The SMILES string of the molecule is COCC(C(=O)O)(c1ccccc1)N(C)C. The molecule has 1 atom stereocenters. The van der Waals surface area contributed by atoms with Crippen molar-refractivity contribution in [3.8, 4) is 0 Å². The van der Waals surface area contributed by atoms with Crippen LogP contribution in [0.5, 0.6) is 0 Å². The van der Waals surface area contributed by atoms with Crippen molar-refractivity contribution in [3.63, 3.8) is 0 Å². The fraction of sp³-hybridized carbons (Fsp3) is 0.417. The molecule has 0 amide bonds. The summed E-state index contributed by atoms with van der Waals surface area (Å²) in [5, 5.41) is 9.46. The van der Waals surface area contributed by atoms with Gasteiger partial charge in [0.05, 0.1) is 6.61 Å². The molecule has 0 aliphatic rings. The number of carbonyl (C=O) groups is 1. The minimum atomic E-state index is -1.13. The Kier molecular flexibility index (Phi) is 4.04. The number of ether oxygens (including phenoxy) is 1. The van der Waals surface area contributed by atoms with Crippen LogP contribution in [0.25, 0.3) is 0 Å². The highest BCUT2D eigenvalue weighted by atomic mass is 16.5. The van der Waals surface area contributed by atoms with Gasteiger partial charge in [0.1, 0.15) is 0 Å². The molecule has 1 unspecified atom stereocenters. The van der Waals surface area contributed by atoms with Crippen LogP contribution in [0.15, 0.2) is 30.3 Å². The van der Waals surface area contributed by atoms with Crippen LogP contribution < -0.4 is 0 Å². The topological polar surface area (TPSA) is 49.8 Å². The first-order valence-corrected chi connectivity index (χ1v) is 5.01. The van der Waals surface area contributed by atoms with Crippen molar-refractivity contribution >= 4 is 5.97 Å². The van der Waals surface area contributed by atoms with Gasteiger partial charge < -0.3 is 9.84 Å². The number of carboxylic acid groups (broad SMARTS) is 1. The van der Waals surface area contributed by atoms with Crippen LogP contribution in [-0.4, -0.2) is 43.8 Å². The van der Waals surface area contributed by atoms with Crippen molar-refractivity contribution in [1.82, 2.24) is 4.90 Å². The summed E-state index contributed by atoms with van der Waals surface area (Å²) in [5.41, 5.74) is -0.412. The van der Waals surface area contributed by atoms with Crippen molar-refractivity contribution in [2.75, 3.05) is 27.8 Å². The molecule has 4 heteroatoms. The fourth-order valence-electron chi connectivity index (χ4n) is 1.77. The van der Waals surface area contributed by atoms with Crippen LogP contribution >= 0.6 is 0 Å². The molecule has 0 saturated carbocycles. The second-order valence-electron chi connectivity index (χ2n) is 3.86. The molecule has 16 heavy (non-hydrogen) atoms. The first kappa shape index (κ1) is 12.7. The number of aliphatic carboxylic acids is 1. The van der Waals surface area contributed by atoms with E-state index in [1.807, 2.05) is 18.2 Å². The molecule has 88 valence electrons. The van der Waals surface area contributed by atoms with E-state index in [1.54, 1.807) is 31.1 Å². The number of methoxy groups -OCH3 is 1. The van der Waals surface area contributed by atoms with Crippen molar-refractivity contribution in [1.29, 1.82) is 0 Å². The lowest BCUT2D eigenvalue weighted by molar-refractivity contribution is -0.154. The first-order chi connectivity index (χ1) is 7.55. The second-order valence-corrected chi connectivity index (χ2v) is 3.86. The van der Waals surface area contributed by atoms with E-state index in [2.05, 4.69) is 0 Å². The maximum Gasteiger partial charge on any atom is 0.331 e. The van der Waals surface area contributed by atoms with Crippen LogP contribution in [0.1, 0.15) is 5.56 Å². The molecule has 1 N–H and O–H groups in total. The molecule has 0 spiro atoms. The van der Waals surface area contributed by atoms with E-state index in [1.165, 1.54) is 7.11 Å². The maximum atomic E-state index is 11.5. The number of likely N-dealkylation sites (N-methyl/N-ethyl adjacent to an activating group) is 1. The standard InChI is InChI=1S/C12H17NO3/c1-13(2)12(9-16-3,11(14)15)10-7-5-4-6-8-10/h4-8H,9H2,1-3H3,(H,14,15). The van der Waals surface area contributed by atoms with Gasteiger partial charge in [-0.15, -0.1) is 0 Å². The zero-order valence-electron chi connectivity index (χ0n) is 9.80. The molecule has 0 fully saturated rings. The van der Waals surface area contributed by atoms with Gasteiger partial charge in [0.2, 0.25) is 0 Å². The molecule has 0 aliphatic heterocycles. The Labute approximate surface area is 95.5 Å². The molecular weight excluding hydrogens is 206 g/mol. The average Bonchev–Trinajstić information content (AvgIpc) is 2.26. The first-order valence-electron chi connectivity index (χ1n) is 5.01. The fourth-order valence-corrected chi connectivity index (χ4v) is 1.77. The van der Waals surface area contributed by atoms with Gasteiger partial charge in [-0.3, -0.25) is 4.90 Å². The third-order valence-electron chi connectivity index (χ3n) is 2.72. The zero-order chi connectivity index (χ0) is 12.2. The monoisotopic (exact) mass is 223 g/mol. The number of nitrogens with zero attached hydrogens (tertiary/aromatic N) is 1. The van der Waals surface area contributed by atoms with Gasteiger partial charge in [-0.05, 0) is 19.7 Å². The molecule has 0 heterocycles. The Morgan fingerprint density at radius 3 is 2.31 bits per heavy atom. The van der Waals surface area contributed by atoms with E-state index >= 15 is 0 Å². The molecule has 1 aromatic carbocycles. The summed E-state index contributed by atoms with van der Waals surface area (Å²) in [7, 11) is 4.98. The van der Waals surface area contributed by atoms with Gasteiger partial charge in [-0.25, -0.2) is 4.79 Å². The van der Waals surface area contributed by atoms with Gasteiger partial charge >= 0.3 is 5.97 Å². The molecule has 0 saturated heterocycles. The third-order valence-corrected chi connectivity index (χ3v) is 2.72. The highest BCUT2D eigenvalue weighted by Crippen LogP contribution is 2.27. The van der Waals surface area contributed by atoms with Crippen LogP contribution in [-0.2, 0) is 15.1 Å². The van der Waals surface area contributed by atoms with Gasteiger partial charge in [0.25, 0.3) is 0 Å². The molecule has 0 radical (unpaired) electrons. The predicted molar refractivity (Wildman–Crippen MR) is 61.3 cm³/mol. The Bertz CT molecular complexity index is 351. The molecule has 1 rings (SSSR count). The summed E-state index contributed by atoms with van der Waals surface area (Å²) in [6, 6.07) is 9.11. The van der Waals surface area contributed by atoms with E-state index < -0.39 is 11.5 Å². The lowest BCUT2D eigenvalue weighted by Gasteiger charge is -2.35. The van der Waals surface area contributed by atoms with E-state index in [0.29, 0.717) is 5.56 Å². The molecule has 0 aliphatic carbocycles. The van der Waals surface area contributed by atoms with Crippen molar-refractivity contribution in [2.24, 2.45) is 0 Å². The molecule has 0 aromatic heterocycles. The summed E-state index contributed by atoms with van der Waals surface area (Å²) in [6.45, 7) is 0.110. The molecule has 1 aromatic rings. The second kappa shape index (κ2) is 5.09. The zero-order valence-corrected chi connectivity index (χ0v) is 9.80. The minimum absolute atomic E-state index is 0.110. The van der Waals surface area contributed by atoms with Crippen LogP contribution in [0.3, 0.4) is 0 Å². The summed E-state index contributed by atoms with van der Waals surface area (Å²) in [6.07, 6.45) is 0. The minimum Gasteiger partial charge on any atom is -0.480 e. The summed E-state index contributed by atoms with van der Waals surface area (Å²) < 4.78 is 5.06. The van der Waals surface area contributed by atoms with Crippen LogP contribution in [0, 0.1) is 0 Å². The summed E-state index contributed by atoms with van der Waals surface area (Å²) in [5.74, 6) is -0.912. The predicted octanol–water partition coefficient (Wildman–Crippen LogP) is 1.17. The number of benzene rings is 1. The summed E-state index contributed by atoms with van der Waals surface area (Å²) in [4.78, 5) is 13.2. The van der Waals surface area contributed by atoms with E-state index in [0.717, 1.165) is 0 Å². The third kappa shape index (κ3) is 2.08. The largest absolute Gasteiger partial charge is 0.480 e. The average molecular weight is 223 g/mol. The molecule has 0 bridgehead atoms. The highest BCUT2D eigenvalue weighted by Gasteiger charge is 2.42. The lowest BCUT2D eigenvalue weighted by Crippen LogP contribution is -2.51. The van der Waals surface area contributed by atoms with Crippen molar-refractivity contribution < 1.29 is 14.6 Å². The van der Waals surface area contributed by atoms with Crippen LogP contribution in [0.2, 0.25) is 0 Å². The van der Waals surface area contributed by atoms with E-state index in [9.17, 15) is 9.90 Å². The maximum absolute atomic E-state index is 11.5. The summed E-state index contributed by atoms with van der Waals surface area (Å²) >= 11 is 0. The van der Waals surface area contributed by atoms with E-state index in [-0.39, 0.29) is 6.61 Å². The Hall–Kier alpha value is -1.39. The Morgan fingerprint density at radius 1 is 1.38 bits per heavy atom. The molecular formula is C12H17NO3.